The quantitative estimate of drug-likeness (QED) is 0.534. The highest BCUT2D eigenvalue weighted by atomic mass is 35.5. The third kappa shape index (κ3) is 5.51. The highest BCUT2D eigenvalue weighted by Crippen LogP contribution is 2.27. The first-order valence-corrected chi connectivity index (χ1v) is 9.17. The van der Waals surface area contributed by atoms with E-state index in [-0.39, 0.29) is 24.6 Å². The molecule has 1 unspecified atom stereocenters. The summed E-state index contributed by atoms with van der Waals surface area (Å²) in [6, 6.07) is 7.26. The highest BCUT2D eigenvalue weighted by Gasteiger charge is 2.26. The van der Waals surface area contributed by atoms with Gasteiger partial charge in [0, 0.05) is 29.7 Å². The summed E-state index contributed by atoms with van der Waals surface area (Å²) in [5.41, 5.74) is 5.36. The fourth-order valence-corrected chi connectivity index (χ4v) is 3.24. The number of nitrogens with one attached hydrogen (secondary N) is 1. The molecule has 1 aliphatic rings. The Morgan fingerprint density at radius 3 is 2.73 bits per heavy atom. The first-order valence-electron chi connectivity index (χ1n) is 8.79. The number of amides is 1. The summed E-state index contributed by atoms with van der Waals surface area (Å²) < 4.78 is 5.00. The lowest BCUT2D eigenvalue weighted by Crippen LogP contribution is -2.48. The first-order chi connectivity index (χ1) is 12.3. The molecule has 0 radical (unpaired) electrons. The molecular formula is C18H27ClN4O3. The van der Waals surface area contributed by atoms with E-state index in [1.165, 1.54) is 0 Å². The summed E-state index contributed by atoms with van der Waals surface area (Å²) in [5.74, 6) is 0.270. The third-order valence-electron chi connectivity index (χ3n) is 4.38. The number of likely N-dealkylation sites (tertiary alicyclic amines) is 1. The monoisotopic (exact) mass is 382 g/mol. The summed E-state index contributed by atoms with van der Waals surface area (Å²) in [7, 11) is 0. The Kier molecular flexibility index (Phi) is 7.11. The number of guanidine groups is 1. The van der Waals surface area contributed by atoms with Gasteiger partial charge in [-0.1, -0.05) is 29.8 Å². The molecule has 1 fully saturated rings. The molecule has 2 rings (SSSR count). The number of carbonyl (C=O) groups is 1. The lowest BCUT2D eigenvalue weighted by Gasteiger charge is -2.32. The molecule has 7 nitrogen and oxygen atoms in total. The van der Waals surface area contributed by atoms with Gasteiger partial charge in [0.2, 0.25) is 0 Å². The van der Waals surface area contributed by atoms with Crippen molar-refractivity contribution >= 4 is 23.7 Å². The molecular weight excluding hydrogens is 356 g/mol. The number of carbonyl (C=O) groups excluding carboxylic acids is 1. The Labute approximate surface area is 159 Å². The molecule has 144 valence electrons. The maximum absolute atomic E-state index is 11.7. The number of halogens is 1. The van der Waals surface area contributed by atoms with Crippen LogP contribution in [-0.2, 0) is 10.3 Å². The maximum Gasteiger partial charge on any atom is 0.409 e. The number of rotatable bonds is 5. The number of nitrogens with zero attached hydrogens (tertiary/aromatic N) is 2. The van der Waals surface area contributed by atoms with Crippen LogP contribution in [0.4, 0.5) is 4.79 Å². The SMILES string of the molecule is CCOC(=O)N1CCC(NC(N)=NCC(C)(O)c2ccccc2Cl)CC1. The number of nitrogens with two attached hydrogens (primary N) is 1. The van der Waals surface area contributed by atoms with Crippen molar-refractivity contribution in [3.63, 3.8) is 0 Å². The van der Waals surface area contributed by atoms with E-state index in [2.05, 4.69) is 10.3 Å². The van der Waals surface area contributed by atoms with Gasteiger partial charge in [0.25, 0.3) is 0 Å². The largest absolute Gasteiger partial charge is 0.450 e. The minimum Gasteiger partial charge on any atom is -0.450 e. The van der Waals surface area contributed by atoms with Gasteiger partial charge in [-0.05, 0) is 32.8 Å². The van der Waals surface area contributed by atoms with Gasteiger partial charge in [0.15, 0.2) is 5.96 Å². The summed E-state index contributed by atoms with van der Waals surface area (Å²) in [4.78, 5) is 17.7. The lowest BCUT2D eigenvalue weighted by molar-refractivity contribution is 0.0673. The van der Waals surface area contributed by atoms with E-state index in [0.717, 1.165) is 12.8 Å². The molecule has 1 heterocycles. The number of aliphatic hydroxyl groups is 1. The fourth-order valence-electron chi connectivity index (χ4n) is 2.90. The fraction of sp³-hybridized carbons (Fsp3) is 0.556. The van der Waals surface area contributed by atoms with E-state index >= 15 is 0 Å². The average Bonchev–Trinajstić information content (AvgIpc) is 2.61. The zero-order valence-corrected chi connectivity index (χ0v) is 16.0. The van der Waals surface area contributed by atoms with Crippen LogP contribution in [0.15, 0.2) is 29.3 Å². The maximum atomic E-state index is 11.7. The molecule has 0 aliphatic carbocycles. The van der Waals surface area contributed by atoms with Gasteiger partial charge in [-0.15, -0.1) is 0 Å². The van der Waals surface area contributed by atoms with Gasteiger partial charge >= 0.3 is 6.09 Å². The Balaban J connectivity index is 1.85. The van der Waals surface area contributed by atoms with Crippen LogP contribution in [-0.4, -0.2) is 54.3 Å². The Morgan fingerprint density at radius 2 is 2.12 bits per heavy atom. The number of piperidine rings is 1. The topological polar surface area (TPSA) is 100 Å². The van der Waals surface area contributed by atoms with Gasteiger partial charge in [-0.2, -0.15) is 0 Å². The van der Waals surface area contributed by atoms with E-state index < -0.39 is 5.60 Å². The minimum atomic E-state index is -1.21. The predicted octanol–water partition coefficient (Wildman–Crippen LogP) is 2.07. The Hall–Kier alpha value is -1.99. The molecule has 1 aromatic carbocycles. The predicted molar refractivity (Wildman–Crippen MR) is 102 cm³/mol. The molecule has 26 heavy (non-hydrogen) atoms. The van der Waals surface area contributed by atoms with Gasteiger partial charge in [0.05, 0.1) is 13.2 Å². The zero-order chi connectivity index (χ0) is 19.2. The number of hydrogen-bond donors (Lipinski definition) is 3. The van der Waals surface area contributed by atoms with Crippen LogP contribution in [0, 0.1) is 0 Å². The second-order valence-corrected chi connectivity index (χ2v) is 6.97. The smallest absolute Gasteiger partial charge is 0.409 e. The molecule has 1 aliphatic heterocycles. The molecule has 1 amide bonds. The molecule has 1 aromatic rings. The molecule has 1 atom stereocenters. The number of benzene rings is 1. The van der Waals surface area contributed by atoms with Crippen LogP contribution in [0.5, 0.6) is 0 Å². The van der Waals surface area contributed by atoms with E-state index in [1.54, 1.807) is 30.9 Å². The van der Waals surface area contributed by atoms with Crippen molar-refractivity contribution in [2.45, 2.75) is 38.3 Å². The Morgan fingerprint density at radius 1 is 1.46 bits per heavy atom. The van der Waals surface area contributed by atoms with Crippen LogP contribution >= 0.6 is 11.6 Å². The van der Waals surface area contributed by atoms with Crippen molar-refractivity contribution in [3.05, 3.63) is 34.9 Å². The van der Waals surface area contributed by atoms with Gasteiger partial charge in [-0.3, -0.25) is 4.99 Å². The number of aliphatic imine (C=N–C) groups is 1. The number of ether oxygens (including phenoxy) is 1. The van der Waals surface area contributed by atoms with E-state index in [1.807, 2.05) is 12.1 Å². The highest BCUT2D eigenvalue weighted by molar-refractivity contribution is 6.31. The second-order valence-electron chi connectivity index (χ2n) is 6.56. The lowest BCUT2D eigenvalue weighted by atomic mass is 9.96. The van der Waals surface area contributed by atoms with E-state index in [9.17, 15) is 9.90 Å². The summed E-state index contributed by atoms with van der Waals surface area (Å²) in [5, 5.41) is 14.3. The molecule has 0 saturated carbocycles. The van der Waals surface area contributed by atoms with Gasteiger partial charge < -0.3 is 25.8 Å². The summed E-state index contributed by atoms with van der Waals surface area (Å²) >= 11 is 6.14. The van der Waals surface area contributed by atoms with Crippen molar-refractivity contribution in [1.82, 2.24) is 10.2 Å². The standard InChI is InChI=1S/C18H27ClN4O3/c1-3-26-17(24)23-10-8-13(9-11-23)22-16(20)21-12-18(2,25)14-6-4-5-7-15(14)19/h4-7,13,25H,3,8-12H2,1-2H3,(H3,20,21,22). The zero-order valence-electron chi connectivity index (χ0n) is 15.2. The molecule has 0 bridgehead atoms. The van der Waals surface area contributed by atoms with Crippen molar-refractivity contribution in [1.29, 1.82) is 0 Å². The summed E-state index contributed by atoms with van der Waals surface area (Å²) in [6.45, 7) is 5.14. The van der Waals surface area contributed by atoms with Gasteiger partial charge in [-0.25, -0.2) is 4.79 Å². The first kappa shape index (κ1) is 20.3. The van der Waals surface area contributed by atoms with E-state index in [4.69, 9.17) is 22.1 Å². The molecule has 4 N–H and O–H groups in total. The second kappa shape index (κ2) is 9.09. The van der Waals surface area contributed by atoms with Crippen LogP contribution in [0.2, 0.25) is 5.02 Å². The van der Waals surface area contributed by atoms with Crippen LogP contribution in [0.25, 0.3) is 0 Å². The molecule has 1 saturated heterocycles. The Bertz CT molecular complexity index is 643. The molecule has 8 heteroatoms. The van der Waals surface area contributed by atoms with Crippen LogP contribution < -0.4 is 11.1 Å². The molecule has 0 spiro atoms. The van der Waals surface area contributed by atoms with Gasteiger partial charge in [0.1, 0.15) is 5.60 Å². The average molecular weight is 383 g/mol. The normalized spacial score (nSPS) is 18.3. The van der Waals surface area contributed by atoms with Crippen molar-refractivity contribution in [2.24, 2.45) is 10.7 Å². The van der Waals surface area contributed by atoms with Crippen molar-refractivity contribution in [3.8, 4) is 0 Å². The molecule has 0 aromatic heterocycles. The van der Waals surface area contributed by atoms with Crippen LogP contribution in [0.3, 0.4) is 0 Å². The summed E-state index contributed by atoms with van der Waals surface area (Å²) in [6.07, 6.45) is 1.25. The minimum absolute atomic E-state index is 0.0945. The number of hydrogen-bond acceptors (Lipinski definition) is 4. The van der Waals surface area contributed by atoms with Crippen molar-refractivity contribution < 1.29 is 14.6 Å². The van der Waals surface area contributed by atoms with Crippen LogP contribution in [0.1, 0.15) is 32.3 Å². The van der Waals surface area contributed by atoms with E-state index in [0.29, 0.717) is 30.3 Å². The third-order valence-corrected chi connectivity index (χ3v) is 4.71. The van der Waals surface area contributed by atoms with Crippen molar-refractivity contribution in [2.75, 3.05) is 26.2 Å².